The lowest BCUT2D eigenvalue weighted by molar-refractivity contribution is -0.150. The lowest BCUT2D eigenvalue weighted by atomic mass is 10.1. The van der Waals surface area contributed by atoms with Crippen LogP contribution in [0.25, 0.3) is 0 Å². The minimum atomic E-state index is -1.44. The van der Waals surface area contributed by atoms with Gasteiger partial charge in [-0.15, -0.1) is 0 Å². The van der Waals surface area contributed by atoms with Crippen molar-refractivity contribution in [2.24, 2.45) is 11.5 Å². The van der Waals surface area contributed by atoms with Crippen molar-refractivity contribution in [2.45, 2.75) is 56.7 Å². The van der Waals surface area contributed by atoms with Gasteiger partial charge in [-0.2, -0.15) is 0 Å². The van der Waals surface area contributed by atoms with E-state index in [1.54, 1.807) is 0 Å². The van der Waals surface area contributed by atoms with Crippen molar-refractivity contribution in [3.05, 3.63) is 0 Å². The Labute approximate surface area is 168 Å². The Bertz CT molecular complexity index is 627. The monoisotopic (exact) mass is 415 g/mol. The fourth-order valence-electron chi connectivity index (χ4n) is 3.05. The second-order valence-electron chi connectivity index (χ2n) is 6.85. The number of nitrogens with one attached hydrogen (secondary N) is 2. The number of aliphatic carboxylic acids is 2. The third-order valence-electron chi connectivity index (χ3n) is 4.56. The Kier molecular flexibility index (Phi) is 10.0. The third-order valence-corrected chi connectivity index (χ3v) is 4.56. The van der Waals surface area contributed by atoms with Gasteiger partial charge in [0.2, 0.25) is 17.7 Å². The molecule has 0 aromatic carbocycles. The molecule has 3 amide bonds. The highest BCUT2D eigenvalue weighted by Crippen LogP contribution is 2.19. The molecule has 12 nitrogen and oxygen atoms in total. The van der Waals surface area contributed by atoms with Gasteiger partial charge in [0.15, 0.2) is 0 Å². The van der Waals surface area contributed by atoms with Crippen LogP contribution in [0.4, 0.5) is 0 Å². The summed E-state index contributed by atoms with van der Waals surface area (Å²) in [5.74, 6) is -4.63. The van der Waals surface area contributed by atoms with Gasteiger partial charge in [-0.3, -0.25) is 19.2 Å². The first-order chi connectivity index (χ1) is 13.7. The zero-order valence-corrected chi connectivity index (χ0v) is 16.1. The number of likely N-dealkylation sites (tertiary alicyclic amines) is 1. The van der Waals surface area contributed by atoms with Gasteiger partial charge in [0, 0.05) is 6.54 Å². The minimum absolute atomic E-state index is 0.163. The molecule has 3 unspecified atom stereocenters. The Balaban J connectivity index is 2.62. The van der Waals surface area contributed by atoms with E-state index in [-0.39, 0.29) is 13.0 Å². The van der Waals surface area contributed by atoms with Crippen molar-refractivity contribution < 1.29 is 34.2 Å². The molecule has 1 fully saturated rings. The summed E-state index contributed by atoms with van der Waals surface area (Å²) < 4.78 is 0. The van der Waals surface area contributed by atoms with Gasteiger partial charge in [0.1, 0.15) is 12.1 Å². The van der Waals surface area contributed by atoms with E-state index in [1.807, 2.05) is 0 Å². The van der Waals surface area contributed by atoms with E-state index in [0.29, 0.717) is 32.2 Å². The van der Waals surface area contributed by atoms with Crippen LogP contribution in [0.15, 0.2) is 0 Å². The van der Waals surface area contributed by atoms with Crippen LogP contribution in [0.5, 0.6) is 0 Å². The number of amides is 3. The number of nitrogens with zero attached hydrogens (tertiary/aromatic N) is 1. The summed E-state index contributed by atoms with van der Waals surface area (Å²) in [6, 6.07) is -3.30. The second-order valence-corrected chi connectivity index (χ2v) is 6.85. The molecule has 0 radical (unpaired) electrons. The number of rotatable bonds is 12. The molecule has 1 rings (SSSR count). The van der Waals surface area contributed by atoms with Crippen LogP contribution in [0.1, 0.15) is 38.5 Å². The van der Waals surface area contributed by atoms with E-state index >= 15 is 0 Å². The van der Waals surface area contributed by atoms with E-state index in [2.05, 4.69) is 10.6 Å². The van der Waals surface area contributed by atoms with E-state index in [9.17, 15) is 29.1 Å². The molecule has 29 heavy (non-hydrogen) atoms. The largest absolute Gasteiger partial charge is 0.481 e. The first kappa shape index (κ1) is 24.3. The van der Waals surface area contributed by atoms with E-state index < -0.39 is 60.8 Å². The number of unbranched alkanes of at least 4 members (excludes halogenated alkanes) is 1. The lowest BCUT2D eigenvalue weighted by Gasteiger charge is -2.26. The highest BCUT2D eigenvalue weighted by atomic mass is 16.4. The van der Waals surface area contributed by atoms with Crippen molar-refractivity contribution >= 4 is 29.7 Å². The zero-order chi connectivity index (χ0) is 22.0. The van der Waals surface area contributed by atoms with Crippen LogP contribution in [0, 0.1) is 0 Å². The van der Waals surface area contributed by atoms with E-state index in [4.69, 9.17) is 16.6 Å². The van der Waals surface area contributed by atoms with Crippen molar-refractivity contribution in [3.8, 4) is 0 Å². The maximum Gasteiger partial charge on any atom is 0.326 e. The first-order valence-electron chi connectivity index (χ1n) is 9.45. The molecule has 8 N–H and O–H groups in total. The predicted octanol–water partition coefficient (Wildman–Crippen LogP) is -2.41. The van der Waals surface area contributed by atoms with Gasteiger partial charge in [-0.25, -0.2) is 4.79 Å². The summed E-state index contributed by atoms with van der Waals surface area (Å²) in [6.07, 6.45) is 1.79. The molecular formula is C17H29N5O7. The molecule has 1 heterocycles. The molecule has 3 atom stereocenters. The molecule has 0 saturated carbocycles. The van der Waals surface area contributed by atoms with Gasteiger partial charge >= 0.3 is 11.9 Å². The number of hydrogen-bond acceptors (Lipinski definition) is 7. The molecule has 0 bridgehead atoms. The molecule has 0 aliphatic carbocycles. The highest BCUT2D eigenvalue weighted by Gasteiger charge is 2.38. The number of carbonyl (C=O) groups is 5. The fraction of sp³-hybridized carbons (Fsp3) is 0.706. The molecule has 0 aromatic rings. The Hall–Kier alpha value is -2.73. The number of carboxylic acids is 2. The second kappa shape index (κ2) is 12.0. The van der Waals surface area contributed by atoms with Crippen molar-refractivity contribution in [3.63, 3.8) is 0 Å². The summed E-state index contributed by atoms with van der Waals surface area (Å²) in [6.45, 7) is 0.154. The molecule has 164 valence electrons. The van der Waals surface area contributed by atoms with Crippen molar-refractivity contribution in [1.29, 1.82) is 0 Å². The Morgan fingerprint density at radius 3 is 2.41 bits per heavy atom. The summed E-state index contributed by atoms with van der Waals surface area (Å²) in [5, 5.41) is 22.8. The fourth-order valence-corrected chi connectivity index (χ4v) is 3.05. The summed E-state index contributed by atoms with van der Waals surface area (Å²) in [4.78, 5) is 60.0. The van der Waals surface area contributed by atoms with Crippen LogP contribution in [-0.2, 0) is 24.0 Å². The van der Waals surface area contributed by atoms with E-state index in [0.717, 1.165) is 4.90 Å². The SMILES string of the molecule is NCCCCC(N)C(=O)NCC(=O)NC(CC(=O)O)C(=O)N1CCCC1C(=O)O. The highest BCUT2D eigenvalue weighted by molar-refractivity contribution is 5.94. The summed E-state index contributed by atoms with van der Waals surface area (Å²) >= 11 is 0. The molecule has 12 heteroatoms. The van der Waals surface area contributed by atoms with Crippen LogP contribution >= 0.6 is 0 Å². The average molecular weight is 415 g/mol. The molecule has 1 saturated heterocycles. The first-order valence-corrected chi connectivity index (χ1v) is 9.45. The topological polar surface area (TPSA) is 205 Å². The van der Waals surface area contributed by atoms with Gasteiger partial charge in [0.05, 0.1) is 19.0 Å². The number of carboxylic acid groups (broad SMARTS) is 2. The molecular weight excluding hydrogens is 386 g/mol. The van der Waals surface area contributed by atoms with E-state index in [1.165, 1.54) is 0 Å². The third kappa shape index (κ3) is 8.03. The summed E-state index contributed by atoms with van der Waals surface area (Å²) in [5.41, 5.74) is 11.1. The number of carbonyl (C=O) groups excluding carboxylic acids is 3. The lowest BCUT2D eigenvalue weighted by Crippen LogP contribution is -2.54. The van der Waals surface area contributed by atoms with Gasteiger partial charge in [0.25, 0.3) is 0 Å². The standard InChI is InChI=1S/C17H29N5O7/c18-6-2-1-4-10(19)15(26)20-9-13(23)21-11(8-14(24)25)16(27)22-7-3-5-12(22)17(28)29/h10-12H,1-9,18-19H2,(H,20,26)(H,21,23)(H,24,25)(H,28,29). The maximum absolute atomic E-state index is 12.6. The van der Waals surface area contributed by atoms with Gasteiger partial charge in [-0.1, -0.05) is 6.42 Å². The molecule has 0 aromatic heterocycles. The Morgan fingerprint density at radius 1 is 1.14 bits per heavy atom. The zero-order valence-electron chi connectivity index (χ0n) is 16.1. The number of nitrogens with two attached hydrogens (primary N) is 2. The molecule has 1 aliphatic rings. The molecule has 0 spiro atoms. The van der Waals surface area contributed by atoms with Gasteiger partial charge in [-0.05, 0) is 32.2 Å². The van der Waals surface area contributed by atoms with Gasteiger partial charge < -0.3 is 37.2 Å². The number of hydrogen-bond donors (Lipinski definition) is 6. The van der Waals surface area contributed by atoms with Crippen LogP contribution < -0.4 is 22.1 Å². The smallest absolute Gasteiger partial charge is 0.326 e. The minimum Gasteiger partial charge on any atom is -0.481 e. The van der Waals surface area contributed by atoms with Crippen LogP contribution in [0.2, 0.25) is 0 Å². The summed E-state index contributed by atoms with van der Waals surface area (Å²) in [7, 11) is 0. The Morgan fingerprint density at radius 2 is 1.83 bits per heavy atom. The quantitative estimate of drug-likeness (QED) is 0.187. The van der Waals surface area contributed by atoms with Crippen molar-refractivity contribution in [2.75, 3.05) is 19.6 Å². The van der Waals surface area contributed by atoms with Crippen LogP contribution in [-0.4, -0.2) is 82.5 Å². The van der Waals surface area contributed by atoms with Crippen LogP contribution in [0.3, 0.4) is 0 Å². The molecule has 1 aliphatic heterocycles. The average Bonchev–Trinajstić information content (AvgIpc) is 3.14. The maximum atomic E-state index is 12.6. The predicted molar refractivity (Wildman–Crippen MR) is 100 cm³/mol. The normalized spacial score (nSPS) is 18.0. The van der Waals surface area contributed by atoms with Crippen molar-refractivity contribution in [1.82, 2.24) is 15.5 Å².